The predicted octanol–water partition coefficient (Wildman–Crippen LogP) is 3.33. The second-order valence-electron chi connectivity index (χ2n) is 4.82. The van der Waals surface area contributed by atoms with Gasteiger partial charge in [0.1, 0.15) is 0 Å². The molecule has 1 radical (unpaired) electrons. The van der Waals surface area contributed by atoms with Crippen molar-refractivity contribution in [1.29, 1.82) is 0 Å². The maximum absolute atomic E-state index is 13.7. The summed E-state index contributed by atoms with van der Waals surface area (Å²) in [6.45, 7) is -0.515. The van der Waals surface area contributed by atoms with Crippen LogP contribution in [0.5, 0.6) is 0 Å². The number of halogens is 3. The van der Waals surface area contributed by atoms with E-state index in [2.05, 4.69) is 4.98 Å². The third kappa shape index (κ3) is 2.91. The van der Waals surface area contributed by atoms with Crippen LogP contribution in [0.4, 0.5) is 13.2 Å². The van der Waals surface area contributed by atoms with Crippen molar-refractivity contribution in [2.45, 2.75) is 12.5 Å². The van der Waals surface area contributed by atoms with Gasteiger partial charge in [0.25, 0.3) is 0 Å². The van der Waals surface area contributed by atoms with Gasteiger partial charge in [-0.3, -0.25) is 4.90 Å². The van der Waals surface area contributed by atoms with Crippen LogP contribution >= 0.6 is 0 Å². The van der Waals surface area contributed by atoms with Gasteiger partial charge in [-0.05, 0) is 12.4 Å². The lowest BCUT2D eigenvalue weighted by molar-refractivity contribution is -0.133. The fourth-order valence-electron chi connectivity index (χ4n) is 2.54. The summed E-state index contributed by atoms with van der Waals surface area (Å²) in [5.74, 6) is 0. The Balaban J connectivity index is 2.04. The van der Waals surface area contributed by atoms with Crippen molar-refractivity contribution in [3.8, 4) is 0 Å². The van der Waals surface area contributed by atoms with Crippen molar-refractivity contribution in [3.05, 3.63) is 42.1 Å². The van der Waals surface area contributed by atoms with E-state index in [9.17, 15) is 13.2 Å². The molecule has 1 N–H and O–H groups in total. The van der Waals surface area contributed by atoms with E-state index in [4.69, 9.17) is 7.48 Å². The van der Waals surface area contributed by atoms with Crippen LogP contribution in [0.15, 0.2) is 30.5 Å². The Morgan fingerprint density at radius 3 is 2.86 bits per heavy atom. The highest BCUT2D eigenvalue weighted by atomic mass is 19.4. The first-order valence-electron chi connectivity index (χ1n) is 7.61. The third-order valence-corrected chi connectivity index (χ3v) is 3.44. The van der Waals surface area contributed by atoms with Crippen LogP contribution in [0.1, 0.15) is 14.7 Å². The number of para-hydroxylation sites is 1. The summed E-state index contributed by atoms with van der Waals surface area (Å²) in [4.78, 5) is 3.89. The van der Waals surface area contributed by atoms with Gasteiger partial charge in [0.2, 0.25) is 0 Å². The highest BCUT2D eigenvalue weighted by Gasteiger charge is 2.47. The van der Waals surface area contributed by atoms with Crippen molar-refractivity contribution in [1.82, 2.24) is 9.88 Å². The quantitative estimate of drug-likeness (QED) is 0.921. The van der Waals surface area contributed by atoms with Gasteiger partial charge < -0.3 is 9.72 Å². The number of H-pyrrole nitrogens is 1. The van der Waals surface area contributed by atoms with Gasteiger partial charge in [-0.2, -0.15) is 13.2 Å². The molecule has 2 aromatic rings. The largest absolute Gasteiger partial charge is 0.413 e. The van der Waals surface area contributed by atoms with Gasteiger partial charge in [0.15, 0.2) is 6.04 Å². The minimum absolute atomic E-state index is 0.00609. The van der Waals surface area contributed by atoms with Gasteiger partial charge in [-0.15, -0.1) is 0 Å². The fraction of sp³-hybridized carbons (Fsp3) is 0.400. The van der Waals surface area contributed by atoms with Crippen LogP contribution in [-0.2, 0) is 4.74 Å². The van der Waals surface area contributed by atoms with Crippen LogP contribution in [0.2, 0.25) is 0 Å². The molecule has 21 heavy (non-hydrogen) atoms. The van der Waals surface area contributed by atoms with Crippen LogP contribution < -0.4 is 0 Å². The van der Waals surface area contributed by atoms with Gasteiger partial charge in [-0.1, -0.05) is 18.2 Å². The summed E-state index contributed by atoms with van der Waals surface area (Å²) in [5, 5.41) is 0.463. The van der Waals surface area contributed by atoms with Crippen molar-refractivity contribution in [2.75, 3.05) is 26.3 Å². The molecular weight excluding hydrogens is 281 g/mol. The molecule has 3 rings (SSSR count). The number of nitrogens with zero attached hydrogens (tertiary/aromatic N) is 1. The molecule has 1 aliphatic heterocycles. The van der Waals surface area contributed by atoms with E-state index >= 15 is 0 Å². The summed E-state index contributed by atoms with van der Waals surface area (Å²) in [6, 6.07) is 5.92. The Morgan fingerprint density at radius 2 is 2.05 bits per heavy atom. The highest BCUT2D eigenvalue weighted by molar-refractivity contribution is 5.85. The fourth-order valence-corrected chi connectivity index (χ4v) is 2.54. The lowest BCUT2D eigenvalue weighted by Crippen LogP contribution is -2.40. The Labute approximate surface area is 123 Å². The monoisotopic (exact) mass is 299 g/mol. The molecular formula is C15H16F3N2O. The Kier molecular flexibility index (Phi) is 3.27. The second kappa shape index (κ2) is 5.69. The molecule has 1 saturated heterocycles. The van der Waals surface area contributed by atoms with Crippen molar-refractivity contribution in [2.24, 2.45) is 0 Å². The Morgan fingerprint density at radius 1 is 1.24 bits per heavy atom. The van der Waals surface area contributed by atoms with Crippen LogP contribution in [0.3, 0.4) is 0 Å². The zero-order valence-corrected chi connectivity index (χ0v) is 11.2. The maximum atomic E-state index is 13.7. The number of hydrogen-bond donors (Lipinski definition) is 1. The number of ether oxygens (including phenoxy) is 1. The number of nitrogens with one attached hydrogen (secondary N) is 1. The molecule has 6 heteroatoms. The van der Waals surface area contributed by atoms with Gasteiger partial charge in [0, 0.05) is 45.1 Å². The van der Waals surface area contributed by atoms with E-state index in [1.165, 1.54) is 6.20 Å². The molecule has 0 saturated carbocycles. The lowest BCUT2D eigenvalue weighted by atomic mass is 10.0. The SMILES string of the molecule is [2H]C1([2H])COCCN([C](c2c[nH]c3ccccc23)C(F)(F)F)C1. The molecule has 3 nitrogen and oxygen atoms in total. The Hall–Kier alpha value is -1.53. The molecule has 0 amide bonds. The van der Waals surface area contributed by atoms with E-state index in [0.29, 0.717) is 10.9 Å². The highest BCUT2D eigenvalue weighted by Crippen LogP contribution is 2.40. The molecule has 1 aromatic carbocycles. The number of alkyl halides is 3. The zero-order valence-electron chi connectivity index (χ0n) is 13.2. The molecule has 113 valence electrons. The van der Waals surface area contributed by atoms with Gasteiger partial charge >= 0.3 is 6.18 Å². The first-order valence-corrected chi connectivity index (χ1v) is 6.61. The number of hydrogen-bond acceptors (Lipinski definition) is 2. The number of aromatic nitrogens is 1. The standard InChI is InChI=1S/C15H16F3N2O/c16-15(17,18)14(20-6-3-8-21-9-7-20)12-10-19-13-5-2-1-4-11(12)13/h1-2,4-5,10,19H,3,6-9H2/i3D2. The average molecular weight is 299 g/mol. The topological polar surface area (TPSA) is 28.3 Å². The van der Waals surface area contributed by atoms with E-state index in [1.54, 1.807) is 24.3 Å². The molecule has 0 bridgehead atoms. The molecule has 0 aliphatic carbocycles. The first kappa shape index (κ1) is 12.1. The third-order valence-electron chi connectivity index (χ3n) is 3.44. The molecule has 0 atom stereocenters. The predicted molar refractivity (Wildman–Crippen MR) is 73.7 cm³/mol. The van der Waals surface area contributed by atoms with E-state index in [0.717, 1.165) is 4.90 Å². The number of fused-ring (bicyclic) bond motifs is 1. The number of aromatic amines is 1. The smallest absolute Gasteiger partial charge is 0.380 e. The van der Waals surface area contributed by atoms with E-state index in [-0.39, 0.29) is 31.9 Å². The van der Waals surface area contributed by atoms with E-state index in [1.807, 2.05) is 0 Å². The maximum Gasteiger partial charge on any atom is 0.413 e. The van der Waals surface area contributed by atoms with Gasteiger partial charge in [-0.25, -0.2) is 0 Å². The van der Waals surface area contributed by atoms with Crippen LogP contribution in [-0.4, -0.2) is 42.4 Å². The van der Waals surface area contributed by atoms with E-state index < -0.39 is 18.6 Å². The van der Waals surface area contributed by atoms with Crippen LogP contribution in [0, 0.1) is 6.04 Å². The van der Waals surface area contributed by atoms with Crippen LogP contribution in [0.25, 0.3) is 10.9 Å². The summed E-state index contributed by atoms with van der Waals surface area (Å²) >= 11 is 0. The normalized spacial score (nSPS) is 22.1. The molecule has 0 spiro atoms. The van der Waals surface area contributed by atoms with Crippen molar-refractivity contribution in [3.63, 3.8) is 0 Å². The number of benzene rings is 1. The summed E-state index contributed by atoms with van der Waals surface area (Å²) in [5.41, 5.74) is 0.643. The summed E-state index contributed by atoms with van der Waals surface area (Å²) in [7, 11) is 0. The van der Waals surface area contributed by atoms with Crippen molar-refractivity contribution < 1.29 is 20.6 Å². The second-order valence-corrected chi connectivity index (χ2v) is 4.82. The first-order chi connectivity index (χ1) is 10.8. The molecule has 1 aliphatic rings. The average Bonchev–Trinajstić information content (AvgIpc) is 2.77. The molecule has 2 heterocycles. The van der Waals surface area contributed by atoms with Gasteiger partial charge in [0.05, 0.1) is 6.61 Å². The minimum Gasteiger partial charge on any atom is -0.380 e. The summed E-state index contributed by atoms with van der Waals surface area (Å²) < 4.78 is 61.9. The number of rotatable bonds is 2. The molecule has 1 aromatic heterocycles. The lowest BCUT2D eigenvalue weighted by Gasteiger charge is -2.30. The molecule has 1 fully saturated rings. The zero-order chi connectivity index (χ0) is 16.7. The minimum atomic E-state index is -4.59. The Bertz CT molecular complexity index is 687. The van der Waals surface area contributed by atoms with Crippen molar-refractivity contribution >= 4 is 10.9 Å². The molecule has 0 unspecified atom stereocenters. The summed E-state index contributed by atoms with van der Waals surface area (Å²) in [6.07, 6.45) is -5.10.